The molecule has 23 heavy (non-hydrogen) atoms. The summed E-state index contributed by atoms with van der Waals surface area (Å²) in [5.41, 5.74) is 1.16. The first kappa shape index (κ1) is 19.7. The van der Waals surface area contributed by atoms with Crippen LogP contribution in [0.4, 0.5) is 0 Å². The Morgan fingerprint density at radius 1 is 1.30 bits per heavy atom. The lowest BCUT2D eigenvalue weighted by Crippen LogP contribution is -2.38. The number of guanidine groups is 1. The lowest BCUT2D eigenvalue weighted by molar-refractivity contribution is 0.0702. The first-order valence-corrected chi connectivity index (χ1v) is 8.35. The van der Waals surface area contributed by atoms with Gasteiger partial charge in [0.15, 0.2) is 5.96 Å². The molecule has 1 N–H and O–H groups in total. The van der Waals surface area contributed by atoms with Gasteiger partial charge in [-0.3, -0.25) is 4.99 Å². The molecule has 1 aromatic rings. The van der Waals surface area contributed by atoms with Gasteiger partial charge in [-0.1, -0.05) is 23.7 Å². The number of hydrogen-bond acceptors (Lipinski definition) is 3. The van der Waals surface area contributed by atoms with Crippen LogP contribution in [-0.4, -0.2) is 57.9 Å². The van der Waals surface area contributed by atoms with Crippen LogP contribution in [0.1, 0.15) is 18.9 Å². The zero-order valence-corrected chi connectivity index (χ0v) is 15.1. The highest BCUT2D eigenvalue weighted by atomic mass is 35.5. The summed E-state index contributed by atoms with van der Waals surface area (Å²) in [4.78, 5) is 6.74. The molecule has 130 valence electrons. The first-order valence-electron chi connectivity index (χ1n) is 7.98. The van der Waals surface area contributed by atoms with Crippen LogP contribution in [0.15, 0.2) is 29.3 Å². The molecule has 0 spiro atoms. The first-order chi connectivity index (χ1) is 11.2. The van der Waals surface area contributed by atoms with Crippen molar-refractivity contribution in [1.29, 1.82) is 0 Å². The van der Waals surface area contributed by atoms with E-state index in [0.29, 0.717) is 19.8 Å². The number of ether oxygens (including phenoxy) is 2. The average molecular weight is 342 g/mol. The number of hydrogen-bond donors (Lipinski definition) is 1. The standard InChI is InChI=1S/C17H28ClN3O2/c1-4-19-17(20-9-6-10-23-12-11-22-3)21(2)14-15-7-5-8-16(18)13-15/h5,7-8,13H,4,6,9-12,14H2,1-3H3,(H,19,20). The Morgan fingerprint density at radius 3 is 2.83 bits per heavy atom. The highest BCUT2D eigenvalue weighted by Crippen LogP contribution is 2.12. The number of benzene rings is 1. The van der Waals surface area contributed by atoms with E-state index in [4.69, 9.17) is 21.1 Å². The van der Waals surface area contributed by atoms with Gasteiger partial charge in [0.2, 0.25) is 0 Å². The Morgan fingerprint density at radius 2 is 2.13 bits per heavy atom. The highest BCUT2D eigenvalue weighted by molar-refractivity contribution is 6.30. The van der Waals surface area contributed by atoms with Gasteiger partial charge in [0.1, 0.15) is 0 Å². The lowest BCUT2D eigenvalue weighted by atomic mass is 10.2. The van der Waals surface area contributed by atoms with Crippen molar-refractivity contribution in [3.8, 4) is 0 Å². The summed E-state index contributed by atoms with van der Waals surface area (Å²) >= 11 is 6.04. The van der Waals surface area contributed by atoms with Crippen LogP contribution in [0.2, 0.25) is 5.02 Å². The molecule has 0 heterocycles. The van der Waals surface area contributed by atoms with E-state index in [-0.39, 0.29) is 0 Å². The van der Waals surface area contributed by atoms with E-state index in [1.807, 2.05) is 25.2 Å². The van der Waals surface area contributed by atoms with E-state index in [2.05, 4.69) is 28.2 Å². The van der Waals surface area contributed by atoms with E-state index >= 15 is 0 Å². The molecule has 0 saturated carbocycles. The Kier molecular flexibility index (Phi) is 10.4. The molecular formula is C17H28ClN3O2. The summed E-state index contributed by atoms with van der Waals surface area (Å²) in [6.07, 6.45) is 0.892. The predicted octanol–water partition coefficient (Wildman–Crippen LogP) is 2.79. The molecule has 1 aromatic carbocycles. The van der Waals surface area contributed by atoms with Crippen LogP contribution < -0.4 is 5.32 Å². The number of nitrogens with zero attached hydrogens (tertiary/aromatic N) is 2. The van der Waals surface area contributed by atoms with Crippen LogP contribution in [0, 0.1) is 0 Å². The maximum atomic E-state index is 6.04. The van der Waals surface area contributed by atoms with Crippen molar-refractivity contribution in [3.05, 3.63) is 34.9 Å². The van der Waals surface area contributed by atoms with Crippen LogP contribution in [0.5, 0.6) is 0 Å². The largest absolute Gasteiger partial charge is 0.382 e. The van der Waals surface area contributed by atoms with Crippen molar-refractivity contribution in [2.75, 3.05) is 47.1 Å². The van der Waals surface area contributed by atoms with Gasteiger partial charge in [0.25, 0.3) is 0 Å². The number of aliphatic imine (C=N–C) groups is 1. The third-order valence-electron chi connectivity index (χ3n) is 3.15. The smallest absolute Gasteiger partial charge is 0.193 e. The van der Waals surface area contributed by atoms with Gasteiger partial charge in [0.05, 0.1) is 13.2 Å². The maximum absolute atomic E-state index is 6.04. The van der Waals surface area contributed by atoms with Crippen molar-refractivity contribution >= 4 is 17.6 Å². The average Bonchev–Trinajstić information content (AvgIpc) is 2.53. The molecule has 0 bridgehead atoms. The molecular weight excluding hydrogens is 314 g/mol. The minimum absolute atomic E-state index is 0.633. The normalized spacial score (nSPS) is 11.6. The molecule has 5 nitrogen and oxygen atoms in total. The second kappa shape index (κ2) is 12.2. The predicted molar refractivity (Wildman–Crippen MR) is 96.2 cm³/mol. The van der Waals surface area contributed by atoms with Gasteiger partial charge in [-0.2, -0.15) is 0 Å². The molecule has 6 heteroatoms. The van der Waals surface area contributed by atoms with Gasteiger partial charge in [-0.15, -0.1) is 0 Å². The zero-order chi connectivity index (χ0) is 16.9. The van der Waals surface area contributed by atoms with E-state index in [1.54, 1.807) is 7.11 Å². The number of halogens is 1. The molecule has 0 saturated heterocycles. The molecule has 0 fully saturated rings. The van der Waals surface area contributed by atoms with Crippen LogP contribution in [-0.2, 0) is 16.0 Å². The van der Waals surface area contributed by atoms with Crippen molar-refractivity contribution in [2.45, 2.75) is 19.9 Å². The van der Waals surface area contributed by atoms with Crippen LogP contribution in [0.25, 0.3) is 0 Å². The van der Waals surface area contributed by atoms with Crippen molar-refractivity contribution in [3.63, 3.8) is 0 Å². The fourth-order valence-electron chi connectivity index (χ4n) is 2.05. The molecule has 0 aliphatic carbocycles. The second-order valence-electron chi connectivity index (χ2n) is 5.18. The molecule has 0 unspecified atom stereocenters. The monoisotopic (exact) mass is 341 g/mol. The van der Waals surface area contributed by atoms with Gasteiger partial charge >= 0.3 is 0 Å². The lowest BCUT2D eigenvalue weighted by Gasteiger charge is -2.22. The summed E-state index contributed by atoms with van der Waals surface area (Å²) in [6.45, 7) is 6.36. The van der Waals surface area contributed by atoms with Gasteiger partial charge in [-0.25, -0.2) is 0 Å². The number of rotatable bonds is 10. The van der Waals surface area contributed by atoms with Gasteiger partial charge < -0.3 is 19.7 Å². The van der Waals surface area contributed by atoms with E-state index in [9.17, 15) is 0 Å². The van der Waals surface area contributed by atoms with Gasteiger partial charge in [0, 0.05) is 45.4 Å². The van der Waals surface area contributed by atoms with Crippen LogP contribution >= 0.6 is 11.6 Å². The minimum Gasteiger partial charge on any atom is -0.382 e. The third-order valence-corrected chi connectivity index (χ3v) is 3.38. The summed E-state index contributed by atoms with van der Waals surface area (Å²) in [5.74, 6) is 0.893. The van der Waals surface area contributed by atoms with Crippen LogP contribution in [0.3, 0.4) is 0 Å². The molecule has 1 rings (SSSR count). The van der Waals surface area contributed by atoms with E-state index in [0.717, 1.165) is 42.6 Å². The number of methoxy groups -OCH3 is 1. The van der Waals surface area contributed by atoms with E-state index in [1.165, 1.54) is 0 Å². The Bertz CT molecular complexity index is 469. The Hall–Kier alpha value is -1.30. The quantitative estimate of drug-likeness (QED) is 0.404. The number of nitrogens with one attached hydrogen (secondary N) is 1. The topological polar surface area (TPSA) is 46.1 Å². The maximum Gasteiger partial charge on any atom is 0.193 e. The van der Waals surface area contributed by atoms with E-state index < -0.39 is 0 Å². The second-order valence-corrected chi connectivity index (χ2v) is 5.62. The van der Waals surface area contributed by atoms with Gasteiger partial charge in [-0.05, 0) is 31.0 Å². The minimum atomic E-state index is 0.633. The molecule has 0 aliphatic heterocycles. The molecule has 0 aliphatic rings. The summed E-state index contributed by atoms with van der Waals surface area (Å²) in [7, 11) is 3.70. The Balaban J connectivity index is 2.43. The molecule has 0 aromatic heterocycles. The summed E-state index contributed by atoms with van der Waals surface area (Å²) in [5, 5.41) is 4.07. The van der Waals surface area contributed by atoms with Crippen molar-refractivity contribution in [2.24, 2.45) is 4.99 Å². The zero-order valence-electron chi connectivity index (χ0n) is 14.3. The fourth-order valence-corrected chi connectivity index (χ4v) is 2.26. The van der Waals surface area contributed by atoms with Crippen molar-refractivity contribution in [1.82, 2.24) is 10.2 Å². The fraction of sp³-hybridized carbons (Fsp3) is 0.588. The SMILES string of the molecule is CCNC(=NCCCOCCOC)N(C)Cc1cccc(Cl)c1. The van der Waals surface area contributed by atoms with Crippen molar-refractivity contribution < 1.29 is 9.47 Å². The molecule has 0 atom stereocenters. The Labute approximate surface area is 144 Å². The summed E-state index contributed by atoms with van der Waals surface area (Å²) in [6, 6.07) is 7.89. The highest BCUT2D eigenvalue weighted by Gasteiger charge is 2.06. The molecule has 0 radical (unpaired) electrons. The third kappa shape index (κ3) is 8.79. The molecule has 0 amide bonds. The summed E-state index contributed by atoms with van der Waals surface area (Å²) < 4.78 is 10.4.